The molecule has 1 aromatic heterocycles. The molecule has 0 amide bonds. The summed E-state index contributed by atoms with van der Waals surface area (Å²) in [4.78, 5) is 10.6. The standard InChI is InChI=1S/C11H9BrClN3O2/c1-6-10(12)7(2)15(14-6)11-8(13)4-3-5-9(11)16(17)18/h3-5H,1-2H3. The van der Waals surface area contributed by atoms with Gasteiger partial charge in [-0.05, 0) is 35.8 Å². The van der Waals surface area contributed by atoms with Crippen molar-refractivity contribution in [2.75, 3.05) is 0 Å². The number of hydrogen-bond donors (Lipinski definition) is 0. The maximum atomic E-state index is 11.0. The van der Waals surface area contributed by atoms with Crippen molar-refractivity contribution in [3.63, 3.8) is 0 Å². The molecule has 7 heteroatoms. The zero-order valence-corrected chi connectivity index (χ0v) is 12.0. The van der Waals surface area contributed by atoms with Gasteiger partial charge in [-0.2, -0.15) is 5.10 Å². The smallest absolute Gasteiger partial charge is 0.258 e. The molecule has 94 valence electrons. The van der Waals surface area contributed by atoms with E-state index in [4.69, 9.17) is 11.6 Å². The molecule has 0 unspecified atom stereocenters. The van der Waals surface area contributed by atoms with E-state index in [1.807, 2.05) is 13.8 Å². The van der Waals surface area contributed by atoms with Crippen molar-refractivity contribution in [1.82, 2.24) is 9.78 Å². The minimum Gasteiger partial charge on any atom is -0.258 e. The first-order chi connectivity index (χ1) is 8.43. The monoisotopic (exact) mass is 329 g/mol. The van der Waals surface area contributed by atoms with Gasteiger partial charge in [0.1, 0.15) is 0 Å². The Morgan fingerprint density at radius 2 is 2.11 bits per heavy atom. The minimum atomic E-state index is -0.467. The van der Waals surface area contributed by atoms with Crippen molar-refractivity contribution in [1.29, 1.82) is 0 Å². The third-order valence-corrected chi connectivity index (χ3v) is 4.03. The van der Waals surface area contributed by atoms with Crippen LogP contribution in [0.2, 0.25) is 5.02 Å². The molecule has 0 saturated carbocycles. The Morgan fingerprint density at radius 3 is 2.61 bits per heavy atom. The van der Waals surface area contributed by atoms with Gasteiger partial charge in [0.2, 0.25) is 0 Å². The van der Waals surface area contributed by atoms with Gasteiger partial charge >= 0.3 is 0 Å². The van der Waals surface area contributed by atoms with E-state index in [-0.39, 0.29) is 11.4 Å². The van der Waals surface area contributed by atoms with Crippen LogP contribution in [0.4, 0.5) is 5.69 Å². The fourth-order valence-corrected chi connectivity index (χ4v) is 2.20. The van der Waals surface area contributed by atoms with Crippen molar-refractivity contribution < 1.29 is 4.92 Å². The van der Waals surface area contributed by atoms with E-state index in [9.17, 15) is 10.1 Å². The third-order valence-electron chi connectivity index (χ3n) is 2.58. The molecule has 0 atom stereocenters. The zero-order chi connectivity index (χ0) is 13.4. The highest BCUT2D eigenvalue weighted by Crippen LogP contribution is 2.33. The van der Waals surface area contributed by atoms with Crippen LogP contribution in [-0.4, -0.2) is 14.7 Å². The Morgan fingerprint density at radius 1 is 1.44 bits per heavy atom. The SMILES string of the molecule is Cc1nn(-c2c(Cl)cccc2[N+](=O)[O-])c(C)c1Br. The first kappa shape index (κ1) is 13.0. The molecular formula is C11H9BrClN3O2. The van der Waals surface area contributed by atoms with Crippen molar-refractivity contribution in [2.45, 2.75) is 13.8 Å². The number of halogens is 2. The number of para-hydroxylation sites is 1. The predicted octanol–water partition coefficient (Wildman–Crippen LogP) is 3.81. The van der Waals surface area contributed by atoms with Crippen LogP contribution < -0.4 is 0 Å². The second kappa shape index (κ2) is 4.70. The summed E-state index contributed by atoms with van der Waals surface area (Å²) in [7, 11) is 0. The summed E-state index contributed by atoms with van der Waals surface area (Å²) in [5, 5.41) is 15.6. The largest absolute Gasteiger partial charge is 0.296 e. The first-order valence-corrected chi connectivity index (χ1v) is 6.25. The predicted molar refractivity (Wildman–Crippen MR) is 72.4 cm³/mol. The molecule has 18 heavy (non-hydrogen) atoms. The van der Waals surface area contributed by atoms with Crippen molar-refractivity contribution in [3.8, 4) is 5.69 Å². The number of nitro groups is 1. The lowest BCUT2D eigenvalue weighted by atomic mass is 10.2. The lowest BCUT2D eigenvalue weighted by Crippen LogP contribution is -2.04. The summed E-state index contributed by atoms with van der Waals surface area (Å²) in [5.74, 6) is 0. The molecular weight excluding hydrogens is 321 g/mol. The molecule has 2 rings (SSSR count). The number of benzene rings is 1. The van der Waals surface area contributed by atoms with E-state index in [0.717, 1.165) is 15.9 Å². The van der Waals surface area contributed by atoms with Gasteiger partial charge in [0.25, 0.3) is 5.69 Å². The molecule has 1 heterocycles. The highest BCUT2D eigenvalue weighted by atomic mass is 79.9. The second-order valence-electron chi connectivity index (χ2n) is 3.76. The van der Waals surface area contributed by atoms with Gasteiger partial charge in [-0.25, -0.2) is 4.68 Å². The summed E-state index contributed by atoms with van der Waals surface area (Å²) in [6, 6.07) is 4.56. The van der Waals surface area contributed by atoms with Crippen LogP contribution in [0.3, 0.4) is 0 Å². The van der Waals surface area contributed by atoms with Crippen LogP contribution in [-0.2, 0) is 0 Å². The van der Waals surface area contributed by atoms with E-state index in [1.165, 1.54) is 10.7 Å². The molecule has 2 aromatic rings. The van der Waals surface area contributed by atoms with Gasteiger partial charge in [0.05, 0.1) is 25.8 Å². The molecule has 5 nitrogen and oxygen atoms in total. The Kier molecular flexibility index (Phi) is 3.41. The highest BCUT2D eigenvalue weighted by molar-refractivity contribution is 9.10. The topological polar surface area (TPSA) is 61.0 Å². The Balaban J connectivity index is 2.78. The molecule has 0 saturated heterocycles. The maximum absolute atomic E-state index is 11.0. The molecule has 0 radical (unpaired) electrons. The molecule has 0 aliphatic carbocycles. The number of aryl methyl sites for hydroxylation is 1. The van der Waals surface area contributed by atoms with E-state index in [1.54, 1.807) is 12.1 Å². The molecule has 0 bridgehead atoms. The van der Waals surface area contributed by atoms with E-state index in [2.05, 4.69) is 21.0 Å². The van der Waals surface area contributed by atoms with Gasteiger partial charge in [-0.15, -0.1) is 0 Å². The molecule has 0 aliphatic heterocycles. The molecule has 0 spiro atoms. The number of nitrogens with zero attached hydrogens (tertiary/aromatic N) is 3. The van der Waals surface area contributed by atoms with Crippen LogP contribution in [0.25, 0.3) is 5.69 Å². The summed E-state index contributed by atoms with van der Waals surface area (Å²) in [6.07, 6.45) is 0. The van der Waals surface area contributed by atoms with Crippen LogP contribution in [0.5, 0.6) is 0 Å². The Bertz CT molecular complexity index is 639. The molecule has 1 aromatic carbocycles. The van der Waals surface area contributed by atoms with Gasteiger partial charge in [-0.3, -0.25) is 10.1 Å². The lowest BCUT2D eigenvalue weighted by molar-refractivity contribution is -0.384. The molecule has 0 N–H and O–H groups in total. The van der Waals surface area contributed by atoms with Gasteiger partial charge in [-0.1, -0.05) is 17.7 Å². The van der Waals surface area contributed by atoms with E-state index >= 15 is 0 Å². The Labute approximate surface area is 117 Å². The normalized spacial score (nSPS) is 10.7. The summed E-state index contributed by atoms with van der Waals surface area (Å²) in [6.45, 7) is 3.63. The fraction of sp³-hybridized carbons (Fsp3) is 0.182. The van der Waals surface area contributed by atoms with Crippen molar-refractivity contribution in [3.05, 3.63) is 49.2 Å². The molecule has 0 fully saturated rings. The lowest BCUT2D eigenvalue weighted by Gasteiger charge is -2.07. The van der Waals surface area contributed by atoms with E-state index < -0.39 is 4.92 Å². The number of hydrogen-bond acceptors (Lipinski definition) is 3. The minimum absolute atomic E-state index is 0.0689. The van der Waals surface area contributed by atoms with Crippen LogP contribution >= 0.6 is 27.5 Å². The summed E-state index contributed by atoms with van der Waals surface area (Å²) >= 11 is 9.45. The molecule has 0 aliphatic rings. The van der Waals surface area contributed by atoms with Crippen LogP contribution in [0.15, 0.2) is 22.7 Å². The maximum Gasteiger partial charge on any atom is 0.296 e. The number of rotatable bonds is 2. The van der Waals surface area contributed by atoms with Gasteiger partial charge in [0.15, 0.2) is 5.69 Å². The van der Waals surface area contributed by atoms with Gasteiger partial charge < -0.3 is 0 Å². The van der Waals surface area contributed by atoms with Gasteiger partial charge in [0, 0.05) is 6.07 Å². The van der Waals surface area contributed by atoms with E-state index in [0.29, 0.717) is 5.02 Å². The fourth-order valence-electron chi connectivity index (χ4n) is 1.70. The average molecular weight is 331 g/mol. The first-order valence-electron chi connectivity index (χ1n) is 5.08. The Hall–Kier alpha value is -1.40. The van der Waals surface area contributed by atoms with Crippen LogP contribution in [0.1, 0.15) is 11.4 Å². The number of nitro benzene ring substituents is 1. The number of aromatic nitrogens is 2. The zero-order valence-electron chi connectivity index (χ0n) is 9.65. The highest BCUT2D eigenvalue weighted by Gasteiger charge is 2.22. The third kappa shape index (κ3) is 2.02. The second-order valence-corrected chi connectivity index (χ2v) is 4.96. The summed E-state index contributed by atoms with van der Waals surface area (Å²) < 4.78 is 2.30. The van der Waals surface area contributed by atoms with Crippen molar-refractivity contribution >= 4 is 33.2 Å². The van der Waals surface area contributed by atoms with Crippen LogP contribution in [0, 0.1) is 24.0 Å². The average Bonchev–Trinajstić information content (AvgIpc) is 2.56. The van der Waals surface area contributed by atoms with Crippen molar-refractivity contribution in [2.24, 2.45) is 0 Å². The summed E-state index contributed by atoms with van der Waals surface area (Å²) in [5.41, 5.74) is 1.74. The quantitative estimate of drug-likeness (QED) is 0.621.